The topological polar surface area (TPSA) is 0 Å². The van der Waals surface area contributed by atoms with Crippen molar-refractivity contribution >= 4 is 5.57 Å². The van der Waals surface area contributed by atoms with Gasteiger partial charge in [0.05, 0.1) is 0 Å². The lowest BCUT2D eigenvalue weighted by Gasteiger charge is -2.28. The molecule has 0 heterocycles. The summed E-state index contributed by atoms with van der Waals surface area (Å²) >= 11 is 0. The van der Waals surface area contributed by atoms with E-state index in [-0.39, 0.29) is 0 Å². The monoisotopic (exact) mass is 208 g/mol. The number of hydrogen-bond donors (Lipinski definition) is 0. The Bertz CT molecular complexity index is 448. The zero-order valence-corrected chi connectivity index (χ0v) is 9.34. The van der Waals surface area contributed by atoms with E-state index in [2.05, 4.69) is 60.7 Å². The van der Waals surface area contributed by atoms with Gasteiger partial charge in [-0.25, -0.2) is 0 Å². The molecule has 0 fully saturated rings. The Morgan fingerprint density at radius 1 is 0.938 bits per heavy atom. The largest absolute Gasteiger partial charge is 0.0805 e. The number of fused-ring (bicyclic) bond motifs is 1. The van der Waals surface area contributed by atoms with Crippen LogP contribution in [-0.2, 0) is 0 Å². The fourth-order valence-electron chi connectivity index (χ4n) is 2.67. The van der Waals surface area contributed by atoms with Crippen molar-refractivity contribution in [3.8, 4) is 0 Å². The lowest BCUT2D eigenvalue weighted by atomic mass is 9.77. The molecule has 0 saturated carbocycles. The third-order valence-electron chi connectivity index (χ3n) is 3.58. The Kier molecular flexibility index (Phi) is 2.49. The first-order valence-electron chi connectivity index (χ1n) is 6.04. The van der Waals surface area contributed by atoms with Crippen LogP contribution in [0.2, 0.25) is 0 Å². The van der Waals surface area contributed by atoms with Crippen LogP contribution in [0.3, 0.4) is 0 Å². The highest BCUT2D eigenvalue weighted by Gasteiger charge is 2.22. The summed E-state index contributed by atoms with van der Waals surface area (Å²) in [6.45, 7) is 0. The van der Waals surface area contributed by atoms with Crippen LogP contribution in [0.15, 0.2) is 60.7 Å². The quantitative estimate of drug-likeness (QED) is 0.648. The first kappa shape index (κ1) is 9.65. The fraction of sp³-hybridized carbons (Fsp3) is 0.250. The van der Waals surface area contributed by atoms with Gasteiger partial charge in [-0.3, -0.25) is 0 Å². The standard InChI is InChI=1S/C16H16/c1-2-6-13(7-3-1)16-11-10-14-8-4-5-9-15(14)12-16/h1-9,12,14-15H,10-11H2. The van der Waals surface area contributed by atoms with Gasteiger partial charge in [0.25, 0.3) is 0 Å². The predicted molar refractivity (Wildman–Crippen MR) is 68.9 cm³/mol. The second-order valence-electron chi connectivity index (χ2n) is 4.61. The molecule has 2 aliphatic carbocycles. The van der Waals surface area contributed by atoms with E-state index in [1.165, 1.54) is 24.0 Å². The van der Waals surface area contributed by atoms with Crippen molar-refractivity contribution in [3.05, 3.63) is 66.3 Å². The van der Waals surface area contributed by atoms with E-state index in [0.29, 0.717) is 5.92 Å². The molecular weight excluding hydrogens is 192 g/mol. The Morgan fingerprint density at radius 2 is 1.75 bits per heavy atom. The van der Waals surface area contributed by atoms with Crippen molar-refractivity contribution in [1.82, 2.24) is 0 Å². The summed E-state index contributed by atoms with van der Waals surface area (Å²) in [7, 11) is 0. The zero-order chi connectivity index (χ0) is 10.8. The third kappa shape index (κ3) is 1.76. The molecule has 0 spiro atoms. The lowest BCUT2D eigenvalue weighted by molar-refractivity contribution is 0.498. The normalized spacial score (nSPS) is 27.4. The molecule has 0 nitrogen and oxygen atoms in total. The zero-order valence-electron chi connectivity index (χ0n) is 9.34. The maximum Gasteiger partial charge on any atom is 0.00187 e. The molecule has 0 heteroatoms. The van der Waals surface area contributed by atoms with Gasteiger partial charge < -0.3 is 0 Å². The van der Waals surface area contributed by atoms with E-state index < -0.39 is 0 Å². The van der Waals surface area contributed by atoms with Crippen LogP contribution in [0, 0.1) is 11.8 Å². The van der Waals surface area contributed by atoms with Gasteiger partial charge in [-0.05, 0) is 29.9 Å². The van der Waals surface area contributed by atoms with Crippen LogP contribution in [0.4, 0.5) is 0 Å². The van der Waals surface area contributed by atoms with Gasteiger partial charge in [-0.2, -0.15) is 0 Å². The molecule has 80 valence electrons. The first-order valence-corrected chi connectivity index (χ1v) is 6.04. The van der Waals surface area contributed by atoms with E-state index in [1.807, 2.05) is 0 Å². The summed E-state index contributed by atoms with van der Waals surface area (Å²) in [6, 6.07) is 10.8. The van der Waals surface area contributed by atoms with Crippen molar-refractivity contribution in [2.75, 3.05) is 0 Å². The van der Waals surface area contributed by atoms with Crippen molar-refractivity contribution in [1.29, 1.82) is 0 Å². The van der Waals surface area contributed by atoms with E-state index in [4.69, 9.17) is 0 Å². The molecule has 0 aliphatic heterocycles. The van der Waals surface area contributed by atoms with Crippen molar-refractivity contribution in [2.45, 2.75) is 12.8 Å². The molecule has 2 unspecified atom stereocenters. The van der Waals surface area contributed by atoms with Crippen LogP contribution in [-0.4, -0.2) is 0 Å². The van der Waals surface area contributed by atoms with Crippen LogP contribution in [0.1, 0.15) is 18.4 Å². The summed E-state index contributed by atoms with van der Waals surface area (Å²) in [5.74, 6) is 1.35. The van der Waals surface area contributed by atoms with Crippen molar-refractivity contribution < 1.29 is 0 Å². The van der Waals surface area contributed by atoms with Crippen molar-refractivity contribution in [2.24, 2.45) is 11.8 Å². The number of rotatable bonds is 1. The maximum absolute atomic E-state index is 2.45. The van der Waals surface area contributed by atoms with E-state index in [9.17, 15) is 0 Å². The maximum atomic E-state index is 2.45. The molecule has 3 rings (SSSR count). The molecule has 2 aliphatic rings. The highest BCUT2D eigenvalue weighted by Crippen LogP contribution is 2.36. The number of benzene rings is 1. The molecule has 1 aromatic carbocycles. The van der Waals surface area contributed by atoms with Gasteiger partial charge in [-0.1, -0.05) is 60.7 Å². The first-order chi connectivity index (χ1) is 7.93. The fourth-order valence-corrected chi connectivity index (χ4v) is 2.67. The van der Waals surface area contributed by atoms with E-state index in [1.54, 1.807) is 0 Å². The summed E-state index contributed by atoms with van der Waals surface area (Å²) < 4.78 is 0. The molecule has 0 amide bonds. The highest BCUT2D eigenvalue weighted by molar-refractivity contribution is 5.67. The summed E-state index contributed by atoms with van der Waals surface area (Å²) in [5, 5.41) is 0. The van der Waals surface area contributed by atoms with Gasteiger partial charge in [0.15, 0.2) is 0 Å². The molecule has 2 atom stereocenters. The average molecular weight is 208 g/mol. The summed E-state index contributed by atoms with van der Waals surface area (Å²) in [6.07, 6.45) is 14.0. The van der Waals surface area contributed by atoms with E-state index in [0.717, 1.165) is 5.92 Å². The SMILES string of the molecule is C1=CC2C=C(c3ccccc3)CCC2C=C1. The minimum absolute atomic E-state index is 0.619. The molecular formula is C16H16. The number of hydrogen-bond acceptors (Lipinski definition) is 0. The molecule has 0 N–H and O–H groups in total. The smallest absolute Gasteiger partial charge is 0.00187 e. The van der Waals surface area contributed by atoms with Crippen LogP contribution in [0.25, 0.3) is 5.57 Å². The van der Waals surface area contributed by atoms with Crippen LogP contribution in [0.5, 0.6) is 0 Å². The minimum atomic E-state index is 0.619. The summed E-state index contributed by atoms with van der Waals surface area (Å²) in [4.78, 5) is 0. The molecule has 1 aromatic rings. The van der Waals surface area contributed by atoms with E-state index >= 15 is 0 Å². The van der Waals surface area contributed by atoms with Gasteiger partial charge in [0, 0.05) is 5.92 Å². The second kappa shape index (κ2) is 4.13. The van der Waals surface area contributed by atoms with Crippen LogP contribution < -0.4 is 0 Å². The van der Waals surface area contributed by atoms with Gasteiger partial charge in [0.1, 0.15) is 0 Å². The Balaban J connectivity index is 1.91. The highest BCUT2D eigenvalue weighted by atomic mass is 14.3. The van der Waals surface area contributed by atoms with Gasteiger partial charge >= 0.3 is 0 Å². The Morgan fingerprint density at radius 3 is 2.62 bits per heavy atom. The summed E-state index contributed by atoms with van der Waals surface area (Å²) in [5.41, 5.74) is 2.91. The predicted octanol–water partition coefficient (Wildman–Crippen LogP) is 4.22. The van der Waals surface area contributed by atoms with Gasteiger partial charge in [0.2, 0.25) is 0 Å². The molecule has 0 bridgehead atoms. The molecule has 0 aromatic heterocycles. The second-order valence-corrected chi connectivity index (χ2v) is 4.61. The average Bonchev–Trinajstić information content (AvgIpc) is 2.39. The Labute approximate surface area is 97.0 Å². The third-order valence-corrected chi connectivity index (χ3v) is 3.58. The Hall–Kier alpha value is -1.56. The molecule has 0 saturated heterocycles. The molecule has 16 heavy (non-hydrogen) atoms. The lowest BCUT2D eigenvalue weighted by Crippen LogP contribution is -2.15. The van der Waals surface area contributed by atoms with Crippen molar-refractivity contribution in [3.63, 3.8) is 0 Å². The molecule has 0 radical (unpaired) electrons. The number of allylic oxidation sites excluding steroid dienone is 6. The minimum Gasteiger partial charge on any atom is -0.0805 e. The van der Waals surface area contributed by atoms with Gasteiger partial charge in [-0.15, -0.1) is 0 Å². The van der Waals surface area contributed by atoms with Crippen LogP contribution >= 0.6 is 0 Å².